The van der Waals surface area contributed by atoms with Crippen molar-refractivity contribution in [3.8, 4) is 0 Å². The lowest BCUT2D eigenvalue weighted by molar-refractivity contribution is 0.458. The standard InChI is InChI=1S/C19H24N8/c1-13-9-17(21-11-20-13)27(14-3-4-14)15-5-7-26(8-6-15)19-16-10-25(2)24-18(16)22-12-23-19/h9-12,14-15H,3-8H2,1-2H3. The van der Waals surface area contributed by atoms with Crippen LogP contribution in [-0.2, 0) is 7.05 Å². The first-order chi connectivity index (χ1) is 13.2. The lowest BCUT2D eigenvalue weighted by Gasteiger charge is -2.40. The molecule has 0 amide bonds. The highest BCUT2D eigenvalue weighted by Gasteiger charge is 2.36. The topological polar surface area (TPSA) is 75.9 Å². The molecule has 140 valence electrons. The largest absolute Gasteiger partial charge is 0.356 e. The van der Waals surface area contributed by atoms with E-state index in [0.717, 1.165) is 54.3 Å². The van der Waals surface area contributed by atoms with Gasteiger partial charge in [0.05, 0.1) is 5.39 Å². The fourth-order valence-corrected chi connectivity index (χ4v) is 4.15. The number of aryl methyl sites for hydroxylation is 2. The zero-order chi connectivity index (χ0) is 18.4. The molecule has 1 saturated heterocycles. The average molecular weight is 364 g/mol. The summed E-state index contributed by atoms with van der Waals surface area (Å²) in [6, 6.07) is 3.28. The number of nitrogens with zero attached hydrogens (tertiary/aromatic N) is 8. The predicted molar refractivity (Wildman–Crippen MR) is 104 cm³/mol. The van der Waals surface area contributed by atoms with Crippen molar-refractivity contribution in [3.05, 3.63) is 30.6 Å². The highest BCUT2D eigenvalue weighted by Crippen LogP contribution is 2.36. The van der Waals surface area contributed by atoms with Gasteiger partial charge in [0.2, 0.25) is 0 Å². The maximum Gasteiger partial charge on any atom is 0.186 e. The molecule has 0 spiro atoms. The Morgan fingerprint density at radius 1 is 0.963 bits per heavy atom. The monoisotopic (exact) mass is 364 g/mol. The maximum atomic E-state index is 4.57. The molecule has 8 heteroatoms. The summed E-state index contributed by atoms with van der Waals surface area (Å²) in [7, 11) is 1.93. The fourth-order valence-electron chi connectivity index (χ4n) is 4.15. The van der Waals surface area contributed by atoms with Gasteiger partial charge in [0.25, 0.3) is 0 Å². The molecule has 0 atom stereocenters. The van der Waals surface area contributed by atoms with E-state index in [4.69, 9.17) is 0 Å². The highest BCUT2D eigenvalue weighted by atomic mass is 15.3. The Balaban J connectivity index is 1.36. The summed E-state index contributed by atoms with van der Waals surface area (Å²) in [5.41, 5.74) is 1.80. The van der Waals surface area contributed by atoms with E-state index in [1.54, 1.807) is 12.7 Å². The molecule has 1 aliphatic carbocycles. The summed E-state index contributed by atoms with van der Waals surface area (Å²) in [4.78, 5) is 22.6. The molecule has 27 heavy (non-hydrogen) atoms. The Morgan fingerprint density at radius 2 is 1.70 bits per heavy atom. The van der Waals surface area contributed by atoms with Gasteiger partial charge in [0.1, 0.15) is 24.3 Å². The van der Waals surface area contributed by atoms with Gasteiger partial charge in [-0.05, 0) is 32.6 Å². The van der Waals surface area contributed by atoms with E-state index in [1.165, 1.54) is 12.8 Å². The van der Waals surface area contributed by atoms with E-state index in [-0.39, 0.29) is 0 Å². The van der Waals surface area contributed by atoms with Crippen LogP contribution in [0.2, 0.25) is 0 Å². The molecule has 1 aliphatic heterocycles. The van der Waals surface area contributed by atoms with Gasteiger partial charge in [-0.3, -0.25) is 4.68 Å². The fraction of sp³-hybridized carbons (Fsp3) is 0.526. The van der Waals surface area contributed by atoms with Crippen molar-refractivity contribution in [2.75, 3.05) is 22.9 Å². The average Bonchev–Trinajstić information content (AvgIpc) is 3.42. The van der Waals surface area contributed by atoms with Crippen molar-refractivity contribution >= 4 is 22.7 Å². The molecule has 2 aliphatic rings. The number of aromatic nitrogens is 6. The Kier molecular flexibility index (Phi) is 3.91. The number of anilines is 2. The second-order valence-electron chi connectivity index (χ2n) is 7.61. The predicted octanol–water partition coefficient (Wildman–Crippen LogP) is 2.10. The molecule has 3 aromatic rings. The molecular formula is C19H24N8. The molecule has 0 N–H and O–H groups in total. The normalized spacial score (nSPS) is 18.2. The third-order valence-corrected chi connectivity index (χ3v) is 5.56. The smallest absolute Gasteiger partial charge is 0.186 e. The lowest BCUT2D eigenvalue weighted by Crippen LogP contribution is -2.46. The number of piperidine rings is 1. The molecule has 4 heterocycles. The van der Waals surface area contributed by atoms with Crippen molar-refractivity contribution in [3.63, 3.8) is 0 Å². The first-order valence-electron chi connectivity index (χ1n) is 9.65. The van der Waals surface area contributed by atoms with E-state index >= 15 is 0 Å². The van der Waals surface area contributed by atoms with E-state index in [9.17, 15) is 0 Å². The van der Waals surface area contributed by atoms with Gasteiger partial charge >= 0.3 is 0 Å². The van der Waals surface area contributed by atoms with E-state index in [0.29, 0.717) is 12.1 Å². The van der Waals surface area contributed by atoms with Gasteiger partial charge in [-0.15, -0.1) is 0 Å². The Hall–Kier alpha value is -2.77. The molecule has 8 nitrogen and oxygen atoms in total. The number of hydrogen-bond donors (Lipinski definition) is 0. The number of rotatable bonds is 4. The molecule has 1 saturated carbocycles. The van der Waals surface area contributed by atoms with Gasteiger partial charge in [0.15, 0.2) is 5.65 Å². The van der Waals surface area contributed by atoms with Gasteiger partial charge in [-0.25, -0.2) is 19.9 Å². The van der Waals surface area contributed by atoms with Gasteiger partial charge in [0, 0.05) is 50.2 Å². The van der Waals surface area contributed by atoms with Crippen molar-refractivity contribution in [1.29, 1.82) is 0 Å². The van der Waals surface area contributed by atoms with Crippen molar-refractivity contribution in [2.45, 2.75) is 44.7 Å². The summed E-state index contributed by atoms with van der Waals surface area (Å²) < 4.78 is 1.81. The van der Waals surface area contributed by atoms with E-state index < -0.39 is 0 Å². The minimum atomic E-state index is 0.522. The first-order valence-corrected chi connectivity index (χ1v) is 9.65. The molecule has 2 fully saturated rings. The minimum Gasteiger partial charge on any atom is -0.356 e. The van der Waals surface area contributed by atoms with Crippen molar-refractivity contribution in [1.82, 2.24) is 29.7 Å². The summed E-state index contributed by atoms with van der Waals surface area (Å²) in [5, 5.41) is 5.44. The summed E-state index contributed by atoms with van der Waals surface area (Å²) in [6.07, 6.45) is 10.1. The summed E-state index contributed by atoms with van der Waals surface area (Å²) >= 11 is 0. The van der Waals surface area contributed by atoms with Crippen LogP contribution in [0.4, 0.5) is 11.6 Å². The summed E-state index contributed by atoms with van der Waals surface area (Å²) in [6.45, 7) is 4.00. The quantitative estimate of drug-likeness (QED) is 0.702. The van der Waals surface area contributed by atoms with Crippen LogP contribution in [0.5, 0.6) is 0 Å². The summed E-state index contributed by atoms with van der Waals surface area (Å²) in [5.74, 6) is 2.09. The molecule has 0 aromatic carbocycles. The second-order valence-corrected chi connectivity index (χ2v) is 7.61. The molecule has 0 bridgehead atoms. The van der Waals surface area contributed by atoms with Gasteiger partial charge < -0.3 is 9.80 Å². The SMILES string of the molecule is Cc1cc(N(C2CC2)C2CCN(c3ncnc4nn(C)cc34)CC2)ncn1. The lowest BCUT2D eigenvalue weighted by atomic mass is 10.0. The Labute approximate surface area is 158 Å². The van der Waals surface area contributed by atoms with Crippen LogP contribution in [0.25, 0.3) is 11.0 Å². The zero-order valence-electron chi connectivity index (χ0n) is 15.8. The third-order valence-electron chi connectivity index (χ3n) is 5.56. The van der Waals surface area contributed by atoms with Crippen LogP contribution in [0.3, 0.4) is 0 Å². The van der Waals surface area contributed by atoms with Gasteiger partial charge in [-0.1, -0.05) is 0 Å². The number of fused-ring (bicyclic) bond motifs is 1. The zero-order valence-corrected chi connectivity index (χ0v) is 15.8. The molecule has 0 radical (unpaired) electrons. The molecule has 5 rings (SSSR count). The third kappa shape index (κ3) is 3.09. The Morgan fingerprint density at radius 3 is 2.44 bits per heavy atom. The van der Waals surface area contributed by atoms with Crippen LogP contribution < -0.4 is 9.80 Å². The second kappa shape index (κ2) is 6.44. The molecule has 0 unspecified atom stereocenters. The number of hydrogen-bond acceptors (Lipinski definition) is 7. The van der Waals surface area contributed by atoms with Crippen LogP contribution in [0.15, 0.2) is 24.9 Å². The van der Waals surface area contributed by atoms with Crippen LogP contribution in [-0.4, -0.2) is 54.9 Å². The minimum absolute atomic E-state index is 0.522. The molecular weight excluding hydrogens is 340 g/mol. The van der Waals surface area contributed by atoms with Crippen LogP contribution in [0, 0.1) is 6.92 Å². The molecule has 3 aromatic heterocycles. The first kappa shape index (κ1) is 16.4. The Bertz CT molecular complexity index is 955. The van der Waals surface area contributed by atoms with E-state index in [1.807, 2.05) is 24.9 Å². The van der Waals surface area contributed by atoms with Gasteiger partial charge in [-0.2, -0.15) is 5.10 Å². The van der Waals surface area contributed by atoms with E-state index in [2.05, 4.69) is 40.9 Å². The van der Waals surface area contributed by atoms with Crippen molar-refractivity contribution in [2.24, 2.45) is 7.05 Å². The van der Waals surface area contributed by atoms with Crippen LogP contribution >= 0.6 is 0 Å². The maximum absolute atomic E-state index is 4.57. The highest BCUT2D eigenvalue weighted by molar-refractivity contribution is 5.86. The van der Waals surface area contributed by atoms with Crippen LogP contribution in [0.1, 0.15) is 31.4 Å². The van der Waals surface area contributed by atoms with Crippen molar-refractivity contribution < 1.29 is 0 Å².